The van der Waals surface area contributed by atoms with E-state index in [1.54, 1.807) is 6.07 Å². The van der Waals surface area contributed by atoms with E-state index in [-0.39, 0.29) is 17.3 Å². The number of benzene rings is 3. The van der Waals surface area contributed by atoms with Crippen LogP contribution in [0.15, 0.2) is 66.7 Å². The molecule has 4 rings (SSSR count). The molecule has 5 nitrogen and oxygen atoms in total. The Hall–Kier alpha value is -4.00. The largest absolute Gasteiger partial charge is 0.493 e. The Morgan fingerprint density at radius 3 is 2.55 bits per heavy atom. The zero-order valence-corrected chi connectivity index (χ0v) is 17.7. The molecule has 0 bridgehead atoms. The summed E-state index contributed by atoms with van der Waals surface area (Å²) in [5.41, 5.74) is 5.50. The van der Waals surface area contributed by atoms with E-state index >= 15 is 0 Å². The molecule has 0 unspecified atom stereocenters. The Morgan fingerprint density at radius 2 is 1.76 bits per heavy atom. The van der Waals surface area contributed by atoms with Gasteiger partial charge in [-0.25, -0.2) is 4.79 Å². The molecule has 0 heterocycles. The van der Waals surface area contributed by atoms with Crippen LogP contribution in [-0.2, 0) is 16.0 Å². The molecule has 1 aliphatic rings. The fraction of sp³-hybridized carbons (Fsp3) is 0.154. The third kappa shape index (κ3) is 5.09. The maximum absolute atomic E-state index is 12.6. The number of methoxy groups -OCH3 is 1. The van der Waals surface area contributed by atoms with Gasteiger partial charge in [-0.05, 0) is 58.5 Å². The lowest BCUT2D eigenvalue weighted by atomic mass is 10.0. The summed E-state index contributed by atoms with van der Waals surface area (Å²) in [6.45, 7) is -3.37. The Kier molecular flexibility index (Phi) is 6.49. The van der Waals surface area contributed by atoms with Crippen molar-refractivity contribution < 1.29 is 32.6 Å². The average molecular weight is 450 g/mol. The molecule has 7 heteroatoms. The van der Waals surface area contributed by atoms with Crippen LogP contribution in [0.2, 0.25) is 0 Å². The van der Waals surface area contributed by atoms with Crippen LogP contribution in [0.4, 0.5) is 8.78 Å². The molecule has 0 radical (unpaired) electrons. The first-order valence-electron chi connectivity index (χ1n) is 10.2. The zero-order valence-electron chi connectivity index (χ0n) is 17.7. The number of rotatable bonds is 8. The molecule has 0 amide bonds. The van der Waals surface area contributed by atoms with Crippen LogP contribution in [0, 0.1) is 0 Å². The minimum atomic E-state index is -2.98. The van der Waals surface area contributed by atoms with E-state index in [4.69, 9.17) is 9.47 Å². The number of hydrogen-bond donors (Lipinski definition) is 0. The maximum Gasteiger partial charge on any atom is 0.387 e. The first-order valence-corrected chi connectivity index (χ1v) is 10.2. The van der Waals surface area contributed by atoms with Gasteiger partial charge in [0.25, 0.3) is 0 Å². The second-order valence-electron chi connectivity index (χ2n) is 7.36. The van der Waals surface area contributed by atoms with Crippen molar-refractivity contribution in [1.82, 2.24) is 0 Å². The van der Waals surface area contributed by atoms with Gasteiger partial charge in [0, 0.05) is 11.6 Å². The number of ketones is 1. The van der Waals surface area contributed by atoms with Crippen LogP contribution in [0.25, 0.3) is 17.2 Å². The Morgan fingerprint density at radius 1 is 0.970 bits per heavy atom. The van der Waals surface area contributed by atoms with Gasteiger partial charge in [-0.2, -0.15) is 8.78 Å². The van der Waals surface area contributed by atoms with Gasteiger partial charge in [-0.1, -0.05) is 42.5 Å². The summed E-state index contributed by atoms with van der Waals surface area (Å²) in [5.74, 6) is -1.03. The predicted molar refractivity (Wildman–Crippen MR) is 119 cm³/mol. The molecule has 3 aromatic carbocycles. The number of fused-ring (bicyclic) bond motifs is 3. The van der Waals surface area contributed by atoms with E-state index in [9.17, 15) is 18.4 Å². The van der Waals surface area contributed by atoms with Crippen molar-refractivity contribution in [2.75, 3.05) is 13.7 Å². The van der Waals surface area contributed by atoms with Crippen LogP contribution in [-0.4, -0.2) is 32.1 Å². The minimum Gasteiger partial charge on any atom is -0.493 e. The van der Waals surface area contributed by atoms with Crippen molar-refractivity contribution >= 4 is 17.8 Å². The number of ether oxygens (including phenoxy) is 3. The van der Waals surface area contributed by atoms with E-state index in [0.29, 0.717) is 11.1 Å². The molecule has 33 heavy (non-hydrogen) atoms. The van der Waals surface area contributed by atoms with Gasteiger partial charge < -0.3 is 14.2 Å². The summed E-state index contributed by atoms with van der Waals surface area (Å²) < 4.78 is 39.3. The minimum absolute atomic E-state index is 0.0965. The fourth-order valence-corrected chi connectivity index (χ4v) is 3.71. The van der Waals surface area contributed by atoms with Gasteiger partial charge >= 0.3 is 12.6 Å². The van der Waals surface area contributed by atoms with Crippen LogP contribution in [0.3, 0.4) is 0 Å². The van der Waals surface area contributed by atoms with E-state index < -0.39 is 19.2 Å². The molecule has 0 atom stereocenters. The van der Waals surface area contributed by atoms with Gasteiger partial charge in [-0.15, -0.1) is 0 Å². The molecular weight excluding hydrogens is 430 g/mol. The molecule has 0 saturated heterocycles. The van der Waals surface area contributed by atoms with Crippen molar-refractivity contribution in [2.45, 2.75) is 13.0 Å². The van der Waals surface area contributed by atoms with Gasteiger partial charge in [0.1, 0.15) is 0 Å². The summed E-state index contributed by atoms with van der Waals surface area (Å²) >= 11 is 0. The van der Waals surface area contributed by atoms with E-state index in [1.165, 1.54) is 36.9 Å². The Bertz CT molecular complexity index is 1230. The van der Waals surface area contributed by atoms with Crippen LogP contribution < -0.4 is 9.47 Å². The lowest BCUT2D eigenvalue weighted by Gasteiger charge is -2.10. The molecule has 0 aromatic heterocycles. The van der Waals surface area contributed by atoms with Crippen molar-refractivity contribution in [3.05, 3.63) is 89.0 Å². The normalized spacial score (nSPS) is 11.9. The first-order chi connectivity index (χ1) is 15.9. The molecule has 0 fully saturated rings. The third-order valence-electron chi connectivity index (χ3n) is 5.28. The molecule has 3 aromatic rings. The molecule has 0 spiro atoms. The highest BCUT2D eigenvalue weighted by Gasteiger charge is 2.20. The SMILES string of the molecule is COc1cc(/C=C/C(=O)OCC(=O)c2ccc3c(c2)-c2ccccc2C3)ccc1OC(F)F. The number of esters is 1. The summed E-state index contributed by atoms with van der Waals surface area (Å²) in [7, 11) is 1.32. The van der Waals surface area contributed by atoms with Crippen LogP contribution in [0.1, 0.15) is 27.0 Å². The standard InChI is InChI=1S/C26H20F2O5/c1-31-24-12-16(6-10-23(24)33-26(27)28)7-11-25(30)32-15-22(29)19-9-8-18-13-17-4-2-3-5-20(17)21(18)14-19/h2-12,14,26H,13,15H2,1H3/b11-7+. The molecular formula is C26H20F2O5. The van der Waals surface area contributed by atoms with Gasteiger partial charge in [-0.3, -0.25) is 4.79 Å². The van der Waals surface area contributed by atoms with Crippen molar-refractivity contribution in [3.8, 4) is 22.6 Å². The van der Waals surface area contributed by atoms with E-state index in [1.807, 2.05) is 30.3 Å². The van der Waals surface area contributed by atoms with Crippen LogP contribution in [0.5, 0.6) is 11.5 Å². The topological polar surface area (TPSA) is 61.8 Å². The number of carbonyl (C=O) groups excluding carboxylic acids is 2. The van der Waals surface area contributed by atoms with Gasteiger partial charge in [0.05, 0.1) is 7.11 Å². The zero-order chi connectivity index (χ0) is 23.4. The number of Topliss-reactive ketones (excluding diaryl/α,β-unsaturated/α-hetero) is 1. The molecule has 0 N–H and O–H groups in total. The van der Waals surface area contributed by atoms with Gasteiger partial charge in [0.15, 0.2) is 23.9 Å². The van der Waals surface area contributed by atoms with Crippen molar-refractivity contribution in [2.24, 2.45) is 0 Å². The number of carbonyl (C=O) groups is 2. The second kappa shape index (κ2) is 9.65. The molecule has 0 aliphatic heterocycles. The van der Waals surface area contributed by atoms with Gasteiger partial charge in [0.2, 0.25) is 0 Å². The maximum atomic E-state index is 12.6. The number of halogens is 2. The second-order valence-corrected chi connectivity index (χ2v) is 7.36. The lowest BCUT2D eigenvalue weighted by molar-refractivity contribution is -0.136. The van der Waals surface area contributed by atoms with E-state index in [0.717, 1.165) is 29.2 Å². The summed E-state index contributed by atoms with van der Waals surface area (Å²) in [5, 5.41) is 0. The Labute approximate surface area is 189 Å². The van der Waals surface area contributed by atoms with Crippen LogP contribution >= 0.6 is 0 Å². The quantitative estimate of drug-likeness (QED) is 0.207. The highest BCUT2D eigenvalue weighted by atomic mass is 19.3. The molecule has 168 valence electrons. The summed E-state index contributed by atoms with van der Waals surface area (Å²) in [4.78, 5) is 24.6. The summed E-state index contributed by atoms with van der Waals surface area (Å²) in [6.07, 6.45) is 3.40. The fourth-order valence-electron chi connectivity index (χ4n) is 3.71. The number of hydrogen-bond acceptors (Lipinski definition) is 5. The first kappa shape index (κ1) is 22.2. The third-order valence-corrected chi connectivity index (χ3v) is 5.28. The molecule has 1 aliphatic carbocycles. The van der Waals surface area contributed by atoms with E-state index in [2.05, 4.69) is 10.8 Å². The predicted octanol–water partition coefficient (Wildman–Crippen LogP) is 5.31. The Balaban J connectivity index is 1.37. The lowest BCUT2D eigenvalue weighted by Crippen LogP contribution is -2.12. The monoisotopic (exact) mass is 450 g/mol. The highest BCUT2D eigenvalue weighted by molar-refractivity contribution is 6.00. The number of alkyl halides is 2. The van der Waals surface area contributed by atoms with Crippen molar-refractivity contribution in [3.63, 3.8) is 0 Å². The average Bonchev–Trinajstić information content (AvgIpc) is 3.19. The smallest absolute Gasteiger partial charge is 0.387 e. The van der Waals surface area contributed by atoms with Crippen molar-refractivity contribution in [1.29, 1.82) is 0 Å². The highest BCUT2D eigenvalue weighted by Crippen LogP contribution is 2.37. The summed E-state index contributed by atoms with van der Waals surface area (Å²) in [6, 6.07) is 17.8. The molecule has 0 saturated carbocycles.